The third kappa shape index (κ3) is 4.98. The molecule has 0 amide bonds. The third-order valence-corrected chi connectivity index (χ3v) is 3.87. The summed E-state index contributed by atoms with van der Waals surface area (Å²) < 4.78 is 11.1. The van der Waals surface area contributed by atoms with Crippen molar-refractivity contribution in [2.24, 2.45) is 5.92 Å². The van der Waals surface area contributed by atoms with Crippen molar-refractivity contribution in [3.63, 3.8) is 0 Å². The second-order valence-electron chi connectivity index (χ2n) is 5.00. The molecule has 0 radical (unpaired) electrons. The fourth-order valence-corrected chi connectivity index (χ4v) is 2.52. The van der Waals surface area contributed by atoms with Gasteiger partial charge in [-0.25, -0.2) is 0 Å². The zero-order valence-corrected chi connectivity index (χ0v) is 13.1. The smallest absolute Gasteiger partial charge is 0.161 e. The highest BCUT2D eigenvalue weighted by molar-refractivity contribution is 6.18. The molecular formula is C18H21ClO2. The van der Waals surface area contributed by atoms with Gasteiger partial charge in [0, 0.05) is 5.88 Å². The monoisotopic (exact) mass is 304 g/mol. The van der Waals surface area contributed by atoms with Gasteiger partial charge in [0.25, 0.3) is 0 Å². The maximum Gasteiger partial charge on any atom is 0.161 e. The van der Waals surface area contributed by atoms with Gasteiger partial charge >= 0.3 is 0 Å². The van der Waals surface area contributed by atoms with E-state index < -0.39 is 0 Å². The Labute approximate surface area is 131 Å². The average molecular weight is 305 g/mol. The SMILES string of the molecule is COc1ccccc1OCCC(CCl)Cc1ccccc1. The van der Waals surface area contributed by atoms with Crippen LogP contribution in [0.5, 0.6) is 11.5 Å². The molecule has 0 fully saturated rings. The highest BCUT2D eigenvalue weighted by Gasteiger charge is 2.10. The van der Waals surface area contributed by atoms with E-state index in [0.29, 0.717) is 18.4 Å². The molecule has 2 nitrogen and oxygen atoms in total. The van der Waals surface area contributed by atoms with Crippen LogP contribution in [-0.4, -0.2) is 19.6 Å². The molecule has 2 aromatic rings. The van der Waals surface area contributed by atoms with Crippen LogP contribution in [-0.2, 0) is 6.42 Å². The molecule has 0 bridgehead atoms. The molecule has 112 valence electrons. The van der Waals surface area contributed by atoms with Crippen LogP contribution in [0.1, 0.15) is 12.0 Å². The number of alkyl halides is 1. The summed E-state index contributed by atoms with van der Waals surface area (Å²) in [6, 6.07) is 18.1. The first-order valence-corrected chi connectivity index (χ1v) is 7.72. The van der Waals surface area contributed by atoms with Gasteiger partial charge in [-0.2, -0.15) is 0 Å². The predicted molar refractivity (Wildman–Crippen MR) is 87.5 cm³/mol. The molecule has 1 atom stereocenters. The van der Waals surface area contributed by atoms with Crippen LogP contribution >= 0.6 is 11.6 Å². The topological polar surface area (TPSA) is 18.5 Å². The summed E-state index contributed by atoms with van der Waals surface area (Å²) in [6.45, 7) is 0.643. The van der Waals surface area contributed by atoms with Crippen molar-refractivity contribution < 1.29 is 9.47 Å². The third-order valence-electron chi connectivity index (χ3n) is 3.44. The van der Waals surface area contributed by atoms with Crippen molar-refractivity contribution >= 4 is 11.6 Å². The second kappa shape index (κ2) is 8.58. The highest BCUT2D eigenvalue weighted by Crippen LogP contribution is 2.26. The maximum atomic E-state index is 6.08. The molecule has 0 aliphatic heterocycles. The number of benzene rings is 2. The summed E-state index contributed by atoms with van der Waals surface area (Å²) in [5, 5.41) is 0. The summed E-state index contributed by atoms with van der Waals surface area (Å²) in [5.74, 6) is 2.62. The van der Waals surface area contributed by atoms with Gasteiger partial charge in [-0.15, -0.1) is 11.6 Å². The molecular weight excluding hydrogens is 284 g/mol. The molecule has 0 aliphatic carbocycles. The summed E-state index contributed by atoms with van der Waals surface area (Å²) in [6.07, 6.45) is 1.91. The Bertz CT molecular complexity index is 528. The Kier molecular flexibility index (Phi) is 6.42. The van der Waals surface area contributed by atoms with Crippen molar-refractivity contribution in [1.82, 2.24) is 0 Å². The predicted octanol–water partition coefficient (Wildman–Crippen LogP) is 4.56. The molecule has 0 aromatic heterocycles. The van der Waals surface area contributed by atoms with Gasteiger partial charge in [0.05, 0.1) is 13.7 Å². The minimum absolute atomic E-state index is 0.420. The van der Waals surface area contributed by atoms with E-state index in [4.69, 9.17) is 21.1 Å². The van der Waals surface area contributed by atoms with Crippen LogP contribution in [0.2, 0.25) is 0 Å². The standard InChI is InChI=1S/C18H21ClO2/c1-20-17-9-5-6-10-18(17)21-12-11-16(14-19)13-15-7-3-2-4-8-15/h2-10,16H,11-14H2,1H3. The molecule has 2 rings (SSSR count). The van der Waals surface area contributed by atoms with Crippen LogP contribution in [0.15, 0.2) is 54.6 Å². The molecule has 1 unspecified atom stereocenters. The van der Waals surface area contributed by atoms with E-state index >= 15 is 0 Å². The average Bonchev–Trinajstić information content (AvgIpc) is 2.55. The van der Waals surface area contributed by atoms with Gasteiger partial charge < -0.3 is 9.47 Å². The van der Waals surface area contributed by atoms with Gasteiger partial charge in [-0.1, -0.05) is 42.5 Å². The lowest BCUT2D eigenvalue weighted by Gasteiger charge is -2.15. The van der Waals surface area contributed by atoms with Crippen molar-refractivity contribution in [2.75, 3.05) is 19.6 Å². The molecule has 0 saturated heterocycles. The Hall–Kier alpha value is -1.67. The van der Waals surface area contributed by atoms with Crippen LogP contribution in [0.3, 0.4) is 0 Å². The molecule has 0 aliphatic rings. The molecule has 0 heterocycles. The maximum absolute atomic E-state index is 6.08. The van der Waals surface area contributed by atoms with Crippen molar-refractivity contribution in [2.45, 2.75) is 12.8 Å². The first-order valence-electron chi connectivity index (χ1n) is 7.19. The van der Waals surface area contributed by atoms with Crippen molar-refractivity contribution in [3.8, 4) is 11.5 Å². The molecule has 21 heavy (non-hydrogen) atoms. The Morgan fingerprint density at radius 1 is 0.952 bits per heavy atom. The molecule has 0 N–H and O–H groups in total. The number of halogens is 1. The largest absolute Gasteiger partial charge is 0.493 e. The summed E-state index contributed by atoms with van der Waals surface area (Å²) in [7, 11) is 1.65. The Morgan fingerprint density at radius 3 is 2.29 bits per heavy atom. The van der Waals surface area contributed by atoms with E-state index in [-0.39, 0.29) is 0 Å². The van der Waals surface area contributed by atoms with E-state index in [1.165, 1.54) is 5.56 Å². The van der Waals surface area contributed by atoms with Crippen LogP contribution in [0.25, 0.3) is 0 Å². The summed E-state index contributed by atoms with van der Waals surface area (Å²) in [5.41, 5.74) is 1.32. The van der Waals surface area contributed by atoms with Gasteiger partial charge in [0.1, 0.15) is 0 Å². The van der Waals surface area contributed by atoms with Gasteiger partial charge in [-0.3, -0.25) is 0 Å². The van der Waals surface area contributed by atoms with Crippen molar-refractivity contribution in [1.29, 1.82) is 0 Å². The van der Waals surface area contributed by atoms with E-state index in [2.05, 4.69) is 24.3 Å². The number of ether oxygens (including phenoxy) is 2. The van der Waals surface area contributed by atoms with Gasteiger partial charge in [0.2, 0.25) is 0 Å². The molecule has 0 spiro atoms. The lowest BCUT2D eigenvalue weighted by Crippen LogP contribution is -2.12. The van der Waals surface area contributed by atoms with Crippen molar-refractivity contribution in [3.05, 3.63) is 60.2 Å². The zero-order chi connectivity index (χ0) is 14.9. The Morgan fingerprint density at radius 2 is 1.62 bits per heavy atom. The van der Waals surface area contributed by atoms with E-state index in [1.54, 1.807) is 7.11 Å². The fourth-order valence-electron chi connectivity index (χ4n) is 2.25. The molecule has 3 heteroatoms. The first kappa shape index (κ1) is 15.7. The van der Waals surface area contributed by atoms with Crippen LogP contribution < -0.4 is 9.47 Å². The van der Waals surface area contributed by atoms with E-state index in [0.717, 1.165) is 24.3 Å². The summed E-state index contributed by atoms with van der Waals surface area (Å²) in [4.78, 5) is 0. The van der Waals surface area contributed by atoms with Crippen LogP contribution in [0.4, 0.5) is 0 Å². The number of methoxy groups -OCH3 is 1. The molecule has 2 aromatic carbocycles. The molecule has 0 saturated carbocycles. The number of para-hydroxylation sites is 2. The Balaban J connectivity index is 1.83. The van der Waals surface area contributed by atoms with Gasteiger partial charge in [0.15, 0.2) is 11.5 Å². The first-order chi connectivity index (χ1) is 10.3. The quantitative estimate of drug-likeness (QED) is 0.666. The van der Waals surface area contributed by atoms with E-state index in [9.17, 15) is 0 Å². The minimum atomic E-state index is 0.420. The number of hydrogen-bond acceptors (Lipinski definition) is 2. The summed E-state index contributed by atoms with van der Waals surface area (Å²) >= 11 is 6.08. The highest BCUT2D eigenvalue weighted by atomic mass is 35.5. The zero-order valence-electron chi connectivity index (χ0n) is 12.3. The second-order valence-corrected chi connectivity index (χ2v) is 5.31. The number of rotatable bonds is 8. The van der Waals surface area contributed by atoms with Crippen LogP contribution in [0, 0.1) is 5.92 Å². The minimum Gasteiger partial charge on any atom is -0.493 e. The van der Waals surface area contributed by atoms with E-state index in [1.807, 2.05) is 30.3 Å². The number of hydrogen-bond donors (Lipinski definition) is 0. The lowest BCUT2D eigenvalue weighted by molar-refractivity contribution is 0.269. The lowest BCUT2D eigenvalue weighted by atomic mass is 9.98. The normalized spacial score (nSPS) is 11.9. The fraction of sp³-hybridized carbons (Fsp3) is 0.333. The van der Waals surface area contributed by atoms with Gasteiger partial charge in [-0.05, 0) is 36.5 Å².